The Balaban J connectivity index is 3.20. The molecule has 0 atom stereocenters. The Kier molecular flexibility index (Phi) is 3.03. The first-order valence-corrected chi connectivity index (χ1v) is 4.31. The van der Waals surface area contributed by atoms with Crippen molar-refractivity contribution in [3.63, 3.8) is 0 Å². The molecule has 0 unspecified atom stereocenters. The van der Waals surface area contributed by atoms with Gasteiger partial charge in [0, 0.05) is 12.1 Å². The molecule has 0 heterocycles. The molecule has 0 aromatic heterocycles. The maximum absolute atomic E-state index is 10.5. The third kappa shape index (κ3) is 2.00. The van der Waals surface area contributed by atoms with Crippen molar-refractivity contribution in [2.45, 2.75) is 13.5 Å². The van der Waals surface area contributed by atoms with Crippen LogP contribution in [0.25, 0.3) is 0 Å². The predicted octanol–water partition coefficient (Wildman–Crippen LogP) is 0.302. The van der Waals surface area contributed by atoms with Crippen LogP contribution in [0.2, 0.25) is 0 Å². The van der Waals surface area contributed by atoms with Gasteiger partial charge in [-0.15, -0.1) is 0 Å². The summed E-state index contributed by atoms with van der Waals surface area (Å²) in [7, 11) is 1.84. The smallest absolute Gasteiger partial charge is 0.270 e. The van der Waals surface area contributed by atoms with Crippen molar-refractivity contribution >= 4 is 5.69 Å². The highest BCUT2D eigenvalue weighted by atomic mass is 16.6. The molecule has 0 saturated heterocycles. The fraction of sp³-hybridized carbons (Fsp3) is 0.333. The van der Waals surface area contributed by atoms with Crippen LogP contribution in [0, 0.1) is 17.0 Å². The summed E-state index contributed by atoms with van der Waals surface area (Å²) < 4.78 is 0. The number of aromatic hydroxyl groups is 1. The minimum absolute atomic E-state index is 0.0251. The fourth-order valence-corrected chi connectivity index (χ4v) is 1.31. The van der Waals surface area contributed by atoms with Crippen LogP contribution in [0.1, 0.15) is 11.1 Å². The maximum Gasteiger partial charge on any atom is 0.270 e. The zero-order chi connectivity index (χ0) is 10.7. The third-order valence-corrected chi connectivity index (χ3v) is 2.00. The van der Waals surface area contributed by atoms with Gasteiger partial charge >= 0.3 is 0 Å². The number of quaternary nitrogens is 1. The molecule has 3 N–H and O–H groups in total. The van der Waals surface area contributed by atoms with Gasteiger partial charge in [-0.05, 0) is 12.5 Å². The van der Waals surface area contributed by atoms with E-state index in [9.17, 15) is 15.2 Å². The Labute approximate surface area is 81.5 Å². The lowest BCUT2D eigenvalue weighted by atomic mass is 10.1. The minimum atomic E-state index is -0.453. The van der Waals surface area contributed by atoms with E-state index in [1.165, 1.54) is 12.1 Å². The molecule has 0 saturated carbocycles. The lowest BCUT2D eigenvalue weighted by Crippen LogP contribution is -2.77. The number of hydrogen-bond acceptors (Lipinski definition) is 3. The second-order valence-electron chi connectivity index (χ2n) is 3.14. The number of hydrogen-bond donors (Lipinski definition) is 2. The van der Waals surface area contributed by atoms with Crippen molar-refractivity contribution in [1.82, 2.24) is 0 Å². The van der Waals surface area contributed by atoms with Gasteiger partial charge in [-0.25, -0.2) is 0 Å². The Hall–Kier alpha value is -1.62. The lowest BCUT2D eigenvalue weighted by molar-refractivity contribution is -0.643. The normalized spacial score (nSPS) is 10.1. The Morgan fingerprint density at radius 3 is 2.71 bits per heavy atom. The van der Waals surface area contributed by atoms with E-state index in [1.54, 1.807) is 6.92 Å². The number of rotatable bonds is 3. The van der Waals surface area contributed by atoms with Crippen LogP contribution < -0.4 is 5.32 Å². The first-order valence-electron chi connectivity index (χ1n) is 4.31. The molecule has 0 bridgehead atoms. The van der Waals surface area contributed by atoms with E-state index in [0.29, 0.717) is 17.7 Å². The van der Waals surface area contributed by atoms with E-state index in [0.717, 1.165) is 0 Å². The van der Waals surface area contributed by atoms with Gasteiger partial charge in [-0.3, -0.25) is 10.1 Å². The summed E-state index contributed by atoms with van der Waals surface area (Å²) >= 11 is 0. The number of phenolic OH excluding ortho intramolecular Hbond substituents is 1. The van der Waals surface area contributed by atoms with E-state index < -0.39 is 4.92 Å². The second-order valence-corrected chi connectivity index (χ2v) is 3.14. The average molecular weight is 197 g/mol. The molecule has 1 rings (SSSR count). The molecule has 0 amide bonds. The summed E-state index contributed by atoms with van der Waals surface area (Å²) in [5.74, 6) is 0.147. The number of benzene rings is 1. The molecule has 14 heavy (non-hydrogen) atoms. The molecule has 1 aromatic rings. The molecule has 76 valence electrons. The van der Waals surface area contributed by atoms with Crippen LogP contribution in [-0.4, -0.2) is 17.1 Å². The molecule has 0 aliphatic rings. The molecule has 0 aliphatic carbocycles. The van der Waals surface area contributed by atoms with Crippen molar-refractivity contribution in [3.8, 4) is 5.75 Å². The van der Waals surface area contributed by atoms with Crippen LogP contribution in [0.3, 0.4) is 0 Å². The highest BCUT2D eigenvalue weighted by molar-refractivity contribution is 5.48. The van der Waals surface area contributed by atoms with Gasteiger partial charge in [-0.2, -0.15) is 0 Å². The number of nitrogens with zero attached hydrogens (tertiary/aromatic N) is 1. The largest absolute Gasteiger partial charge is 0.507 e. The van der Waals surface area contributed by atoms with E-state index >= 15 is 0 Å². The standard InChI is InChI=1S/C9H12N2O3/c1-6-3-8(11(13)14)4-7(5-10-2)9(6)12/h3-4,10,12H,5H2,1-2H3/p+1. The molecule has 0 radical (unpaired) electrons. The monoisotopic (exact) mass is 197 g/mol. The summed E-state index contributed by atoms with van der Waals surface area (Å²) in [6, 6.07) is 2.77. The number of aryl methyl sites for hydroxylation is 1. The quantitative estimate of drug-likeness (QED) is 0.540. The summed E-state index contributed by atoms with van der Waals surface area (Å²) in [4.78, 5) is 10.1. The first-order chi connectivity index (χ1) is 6.56. The number of nitro groups is 1. The molecule has 1 aromatic carbocycles. The van der Waals surface area contributed by atoms with Crippen LogP contribution in [0.15, 0.2) is 12.1 Å². The summed E-state index contributed by atoms with van der Waals surface area (Å²) in [5, 5.41) is 22.0. The highest BCUT2D eigenvalue weighted by Gasteiger charge is 2.13. The van der Waals surface area contributed by atoms with Crippen molar-refractivity contribution < 1.29 is 15.3 Å². The van der Waals surface area contributed by atoms with Gasteiger partial charge in [0.1, 0.15) is 12.3 Å². The summed E-state index contributed by atoms with van der Waals surface area (Å²) in [6.07, 6.45) is 0. The van der Waals surface area contributed by atoms with E-state index in [1.807, 2.05) is 12.4 Å². The van der Waals surface area contributed by atoms with Gasteiger partial charge in [0.2, 0.25) is 0 Å². The number of non-ortho nitro benzene ring substituents is 1. The van der Waals surface area contributed by atoms with Crippen molar-refractivity contribution in [2.75, 3.05) is 7.05 Å². The zero-order valence-corrected chi connectivity index (χ0v) is 8.15. The van der Waals surface area contributed by atoms with E-state index in [-0.39, 0.29) is 11.4 Å². The van der Waals surface area contributed by atoms with Crippen molar-refractivity contribution in [2.24, 2.45) is 0 Å². The van der Waals surface area contributed by atoms with Crippen molar-refractivity contribution in [1.29, 1.82) is 0 Å². The number of nitrogens with two attached hydrogens (primary N) is 1. The van der Waals surface area contributed by atoms with Gasteiger partial charge < -0.3 is 10.4 Å². The summed E-state index contributed by atoms with van der Waals surface area (Å²) in [6.45, 7) is 2.19. The average Bonchev–Trinajstić information content (AvgIpc) is 2.12. The Morgan fingerprint density at radius 1 is 1.57 bits per heavy atom. The first kappa shape index (κ1) is 10.5. The van der Waals surface area contributed by atoms with Crippen LogP contribution in [-0.2, 0) is 6.54 Å². The molecule has 0 spiro atoms. The molecule has 0 aliphatic heterocycles. The Morgan fingerprint density at radius 2 is 2.21 bits per heavy atom. The summed E-state index contributed by atoms with van der Waals surface area (Å²) in [5.41, 5.74) is 1.16. The van der Waals surface area contributed by atoms with Crippen LogP contribution in [0.5, 0.6) is 5.75 Å². The minimum Gasteiger partial charge on any atom is -0.507 e. The topological polar surface area (TPSA) is 80.0 Å². The maximum atomic E-state index is 10.5. The van der Waals surface area contributed by atoms with E-state index in [4.69, 9.17) is 0 Å². The molecule has 5 heteroatoms. The van der Waals surface area contributed by atoms with Gasteiger partial charge in [0.05, 0.1) is 17.5 Å². The molecular formula is C9H13N2O3+. The predicted molar refractivity (Wildman–Crippen MR) is 51.1 cm³/mol. The zero-order valence-electron chi connectivity index (χ0n) is 8.15. The molecular weight excluding hydrogens is 184 g/mol. The lowest BCUT2D eigenvalue weighted by Gasteiger charge is -2.04. The Bertz CT molecular complexity index is 363. The third-order valence-electron chi connectivity index (χ3n) is 2.00. The van der Waals surface area contributed by atoms with Gasteiger partial charge in [0.15, 0.2) is 0 Å². The van der Waals surface area contributed by atoms with Crippen LogP contribution in [0.4, 0.5) is 5.69 Å². The second kappa shape index (κ2) is 4.06. The number of phenols is 1. The van der Waals surface area contributed by atoms with Gasteiger partial charge in [0.25, 0.3) is 5.69 Å². The molecule has 5 nitrogen and oxygen atoms in total. The van der Waals surface area contributed by atoms with E-state index in [2.05, 4.69) is 0 Å². The fourth-order valence-electron chi connectivity index (χ4n) is 1.31. The van der Waals surface area contributed by atoms with Gasteiger partial charge in [-0.1, -0.05) is 0 Å². The molecule has 0 fully saturated rings. The SMILES string of the molecule is C[NH2+]Cc1cc([N+](=O)[O-])cc(C)c1O. The van der Waals surface area contributed by atoms with Crippen LogP contribution >= 0.6 is 0 Å². The highest BCUT2D eigenvalue weighted by Crippen LogP contribution is 2.26. The number of nitro benzene ring substituents is 1. The van der Waals surface area contributed by atoms with Crippen molar-refractivity contribution in [3.05, 3.63) is 33.4 Å².